The molecule has 1 aromatic carbocycles. The van der Waals surface area contributed by atoms with Crippen LogP contribution in [0.1, 0.15) is 30.9 Å². The standard InChI is InChI=1S/C21H25N5O3S/c1-4-25-19(28)17-18(23-20(30-17)24-7-5-6-8-24)26(21(25)29)12-16(27)22-15-10-13(2)9-14(3)11-15/h9-11H,4-8,12H2,1-3H3,(H,22,27). The van der Waals surface area contributed by atoms with Crippen LogP contribution in [0.5, 0.6) is 0 Å². The van der Waals surface area contributed by atoms with Crippen LogP contribution in [-0.2, 0) is 17.9 Å². The van der Waals surface area contributed by atoms with Gasteiger partial charge in [0.1, 0.15) is 11.2 Å². The summed E-state index contributed by atoms with van der Waals surface area (Å²) in [5, 5.41) is 3.59. The lowest BCUT2D eigenvalue weighted by molar-refractivity contribution is -0.116. The molecule has 1 N–H and O–H groups in total. The fourth-order valence-corrected chi connectivity index (χ4v) is 5.00. The first-order valence-electron chi connectivity index (χ1n) is 10.1. The van der Waals surface area contributed by atoms with Crippen LogP contribution < -0.4 is 21.5 Å². The zero-order chi connectivity index (χ0) is 21.4. The monoisotopic (exact) mass is 427 g/mol. The molecule has 1 fully saturated rings. The van der Waals surface area contributed by atoms with Gasteiger partial charge in [0, 0.05) is 25.3 Å². The van der Waals surface area contributed by atoms with E-state index in [4.69, 9.17) is 0 Å². The highest BCUT2D eigenvalue weighted by atomic mass is 32.1. The molecule has 1 aliphatic heterocycles. The summed E-state index contributed by atoms with van der Waals surface area (Å²) >= 11 is 1.30. The molecule has 0 bridgehead atoms. The number of carbonyl (C=O) groups excluding carboxylic acids is 1. The van der Waals surface area contributed by atoms with Gasteiger partial charge in [-0.05, 0) is 56.9 Å². The van der Waals surface area contributed by atoms with E-state index in [2.05, 4.69) is 15.2 Å². The summed E-state index contributed by atoms with van der Waals surface area (Å²) < 4.78 is 2.89. The fourth-order valence-electron chi connectivity index (χ4n) is 3.93. The lowest BCUT2D eigenvalue weighted by Crippen LogP contribution is -2.41. The second-order valence-electron chi connectivity index (χ2n) is 7.69. The Morgan fingerprint density at radius 1 is 1.10 bits per heavy atom. The SMILES string of the molecule is CCn1c(=O)c2sc(N3CCCC3)nc2n(CC(=O)Nc2cc(C)cc(C)c2)c1=O. The third-order valence-corrected chi connectivity index (χ3v) is 6.35. The van der Waals surface area contributed by atoms with Crippen molar-refractivity contribution >= 4 is 38.4 Å². The summed E-state index contributed by atoms with van der Waals surface area (Å²) in [7, 11) is 0. The zero-order valence-electron chi connectivity index (χ0n) is 17.4. The number of thiazole rings is 1. The van der Waals surface area contributed by atoms with Gasteiger partial charge in [-0.15, -0.1) is 0 Å². The van der Waals surface area contributed by atoms with Gasteiger partial charge in [0.25, 0.3) is 5.56 Å². The van der Waals surface area contributed by atoms with Gasteiger partial charge < -0.3 is 10.2 Å². The van der Waals surface area contributed by atoms with Crippen molar-refractivity contribution in [3.63, 3.8) is 0 Å². The largest absolute Gasteiger partial charge is 0.348 e. The lowest BCUT2D eigenvalue weighted by Gasteiger charge is -2.12. The van der Waals surface area contributed by atoms with E-state index in [1.54, 1.807) is 6.92 Å². The number of rotatable bonds is 5. The van der Waals surface area contributed by atoms with Gasteiger partial charge in [0.15, 0.2) is 10.8 Å². The number of aryl methyl sites for hydroxylation is 2. The number of carbonyl (C=O) groups is 1. The molecule has 0 unspecified atom stereocenters. The second kappa shape index (κ2) is 8.06. The minimum Gasteiger partial charge on any atom is -0.348 e. The normalized spacial score (nSPS) is 13.9. The van der Waals surface area contributed by atoms with E-state index in [-0.39, 0.29) is 30.2 Å². The maximum Gasteiger partial charge on any atom is 0.333 e. The van der Waals surface area contributed by atoms with Crippen LogP contribution in [0, 0.1) is 13.8 Å². The Labute approximate surface area is 177 Å². The number of benzene rings is 1. The molecular weight excluding hydrogens is 402 g/mol. The molecule has 9 heteroatoms. The van der Waals surface area contributed by atoms with Crippen molar-refractivity contribution in [1.82, 2.24) is 14.1 Å². The third kappa shape index (κ3) is 3.77. The average molecular weight is 428 g/mol. The Balaban J connectivity index is 1.73. The predicted octanol–water partition coefficient (Wildman–Crippen LogP) is 2.50. The highest BCUT2D eigenvalue weighted by molar-refractivity contribution is 7.22. The molecule has 4 rings (SSSR count). The van der Waals surface area contributed by atoms with E-state index in [0.29, 0.717) is 10.4 Å². The zero-order valence-corrected chi connectivity index (χ0v) is 18.2. The molecule has 1 saturated heterocycles. The minimum atomic E-state index is -0.510. The maximum atomic E-state index is 13.0. The number of hydrogen-bond donors (Lipinski definition) is 1. The van der Waals surface area contributed by atoms with Gasteiger partial charge in [-0.25, -0.2) is 9.78 Å². The molecule has 8 nitrogen and oxygen atoms in total. The van der Waals surface area contributed by atoms with E-state index < -0.39 is 5.69 Å². The first kappa shape index (κ1) is 20.3. The van der Waals surface area contributed by atoms with Crippen LogP contribution in [0.2, 0.25) is 0 Å². The van der Waals surface area contributed by atoms with Crippen molar-refractivity contribution in [2.75, 3.05) is 23.3 Å². The molecule has 30 heavy (non-hydrogen) atoms. The highest BCUT2D eigenvalue weighted by Crippen LogP contribution is 2.28. The van der Waals surface area contributed by atoms with Gasteiger partial charge in [-0.1, -0.05) is 17.4 Å². The summed E-state index contributed by atoms with van der Waals surface area (Å²) in [5.74, 6) is -0.333. The Bertz CT molecular complexity index is 1210. The highest BCUT2D eigenvalue weighted by Gasteiger charge is 2.22. The van der Waals surface area contributed by atoms with E-state index in [1.165, 1.54) is 20.5 Å². The smallest absolute Gasteiger partial charge is 0.333 e. The molecule has 0 saturated carbocycles. The topological polar surface area (TPSA) is 89.2 Å². The van der Waals surface area contributed by atoms with Gasteiger partial charge in [0.2, 0.25) is 5.91 Å². The van der Waals surface area contributed by atoms with Crippen LogP contribution in [-0.4, -0.2) is 33.1 Å². The van der Waals surface area contributed by atoms with Crippen LogP contribution in [0.3, 0.4) is 0 Å². The van der Waals surface area contributed by atoms with Crippen molar-refractivity contribution in [2.45, 2.75) is 46.7 Å². The molecule has 0 spiro atoms. The number of nitrogens with one attached hydrogen (secondary N) is 1. The summed E-state index contributed by atoms with van der Waals surface area (Å²) in [4.78, 5) is 45.3. The molecule has 0 atom stereocenters. The Morgan fingerprint density at radius 2 is 1.77 bits per heavy atom. The Kier molecular flexibility index (Phi) is 5.46. The van der Waals surface area contributed by atoms with Crippen LogP contribution >= 0.6 is 11.3 Å². The van der Waals surface area contributed by atoms with Gasteiger partial charge >= 0.3 is 5.69 Å². The molecule has 158 valence electrons. The fraction of sp³-hybridized carbons (Fsp3) is 0.429. The van der Waals surface area contributed by atoms with Gasteiger partial charge in [-0.3, -0.25) is 18.7 Å². The van der Waals surface area contributed by atoms with Crippen LogP contribution in [0.4, 0.5) is 10.8 Å². The summed E-state index contributed by atoms with van der Waals surface area (Å²) in [6.07, 6.45) is 2.17. The molecule has 1 amide bonds. The Hall–Kier alpha value is -2.94. The van der Waals surface area contributed by atoms with Crippen LogP contribution in [0.25, 0.3) is 10.3 Å². The lowest BCUT2D eigenvalue weighted by atomic mass is 10.1. The summed E-state index contributed by atoms with van der Waals surface area (Å²) in [6, 6.07) is 5.78. The summed E-state index contributed by atoms with van der Waals surface area (Å²) in [6.45, 7) is 7.48. The van der Waals surface area contributed by atoms with E-state index in [9.17, 15) is 14.4 Å². The van der Waals surface area contributed by atoms with Crippen LogP contribution in [0.15, 0.2) is 27.8 Å². The van der Waals surface area contributed by atoms with E-state index in [0.717, 1.165) is 42.2 Å². The second-order valence-corrected chi connectivity index (χ2v) is 8.66. The van der Waals surface area contributed by atoms with E-state index in [1.807, 2.05) is 32.0 Å². The first-order chi connectivity index (χ1) is 14.4. The van der Waals surface area contributed by atoms with Crippen molar-refractivity contribution in [3.8, 4) is 0 Å². The molecule has 0 radical (unpaired) electrons. The molecular formula is C21H25N5O3S. The Morgan fingerprint density at radius 3 is 2.40 bits per heavy atom. The van der Waals surface area contributed by atoms with Crippen molar-refractivity contribution < 1.29 is 4.79 Å². The van der Waals surface area contributed by atoms with E-state index >= 15 is 0 Å². The molecule has 2 aromatic heterocycles. The molecule has 3 heterocycles. The molecule has 3 aromatic rings. The average Bonchev–Trinajstić information content (AvgIpc) is 3.34. The van der Waals surface area contributed by atoms with Crippen molar-refractivity contribution in [3.05, 3.63) is 50.2 Å². The number of aromatic nitrogens is 3. The number of hydrogen-bond acceptors (Lipinski definition) is 6. The van der Waals surface area contributed by atoms with Crippen molar-refractivity contribution in [1.29, 1.82) is 0 Å². The number of amides is 1. The predicted molar refractivity (Wildman–Crippen MR) is 120 cm³/mol. The third-order valence-electron chi connectivity index (χ3n) is 5.25. The number of nitrogens with zero attached hydrogens (tertiary/aromatic N) is 4. The number of fused-ring (bicyclic) bond motifs is 1. The van der Waals surface area contributed by atoms with Gasteiger partial charge in [0.05, 0.1) is 0 Å². The van der Waals surface area contributed by atoms with Gasteiger partial charge in [-0.2, -0.15) is 0 Å². The first-order valence-corrected chi connectivity index (χ1v) is 11.0. The summed E-state index contributed by atoms with van der Waals surface area (Å²) in [5.41, 5.74) is 2.20. The van der Waals surface area contributed by atoms with Crippen molar-refractivity contribution in [2.24, 2.45) is 0 Å². The maximum absolute atomic E-state index is 13.0. The molecule has 1 aliphatic rings. The minimum absolute atomic E-state index is 0.203. The number of anilines is 2. The quantitative estimate of drug-likeness (QED) is 0.676. The molecule has 0 aliphatic carbocycles.